The minimum absolute atomic E-state index is 0.0756. The Kier molecular flexibility index (Phi) is 4.26. The second-order valence-electron chi connectivity index (χ2n) is 5.67. The van der Waals surface area contributed by atoms with Gasteiger partial charge < -0.3 is 19.7 Å². The number of benzene rings is 1. The molecule has 0 spiro atoms. The lowest BCUT2D eigenvalue weighted by atomic mass is 9.95. The Balaban J connectivity index is 2.02. The van der Waals surface area contributed by atoms with Gasteiger partial charge in [0.1, 0.15) is 5.60 Å². The number of rotatable bonds is 5. The molecule has 0 bridgehead atoms. The molecule has 2 N–H and O–H groups in total. The molecule has 0 radical (unpaired) electrons. The Labute approximate surface area is 114 Å². The summed E-state index contributed by atoms with van der Waals surface area (Å²) in [6, 6.07) is 9.89. The molecular formula is C15H22O4. The normalized spacial score (nSPS) is 34.6. The van der Waals surface area contributed by atoms with Crippen LogP contribution >= 0.6 is 0 Å². The zero-order valence-corrected chi connectivity index (χ0v) is 11.5. The second-order valence-corrected chi connectivity index (χ2v) is 5.67. The van der Waals surface area contributed by atoms with Crippen LogP contribution < -0.4 is 0 Å². The van der Waals surface area contributed by atoms with Crippen molar-refractivity contribution in [2.24, 2.45) is 0 Å². The molecule has 0 aliphatic carbocycles. The van der Waals surface area contributed by atoms with Gasteiger partial charge in [-0.15, -0.1) is 0 Å². The molecule has 1 aromatic rings. The highest BCUT2D eigenvalue weighted by molar-refractivity contribution is 5.13. The van der Waals surface area contributed by atoms with Gasteiger partial charge in [-0.2, -0.15) is 0 Å². The summed E-state index contributed by atoms with van der Waals surface area (Å²) in [5, 5.41) is 18.9. The molecule has 0 saturated carbocycles. The zero-order valence-electron chi connectivity index (χ0n) is 11.5. The van der Waals surface area contributed by atoms with Gasteiger partial charge in [0.25, 0.3) is 0 Å². The van der Waals surface area contributed by atoms with E-state index in [0.717, 1.165) is 5.56 Å². The Morgan fingerprint density at radius 2 is 1.89 bits per heavy atom. The van der Waals surface area contributed by atoms with E-state index >= 15 is 0 Å². The van der Waals surface area contributed by atoms with E-state index in [1.54, 1.807) is 0 Å². The molecule has 0 unspecified atom stereocenters. The molecule has 106 valence electrons. The maximum atomic E-state index is 9.53. The monoisotopic (exact) mass is 266 g/mol. The highest BCUT2D eigenvalue weighted by atomic mass is 16.6. The standard InChI is InChI=1S/C15H22O4/c1-14(10-16)8-13(15(2,11-17)19-14)18-9-12-6-4-3-5-7-12/h3-7,13,16-17H,8-11H2,1-2H3/t13-,14+,15+/m1/s1. The van der Waals surface area contributed by atoms with Crippen LogP contribution in [-0.2, 0) is 16.1 Å². The van der Waals surface area contributed by atoms with Crippen molar-refractivity contribution in [3.05, 3.63) is 35.9 Å². The van der Waals surface area contributed by atoms with Gasteiger partial charge in [0.2, 0.25) is 0 Å². The Bertz CT molecular complexity index is 408. The van der Waals surface area contributed by atoms with Crippen LogP contribution in [0.15, 0.2) is 30.3 Å². The molecule has 2 rings (SSSR count). The van der Waals surface area contributed by atoms with Crippen molar-refractivity contribution in [3.63, 3.8) is 0 Å². The van der Waals surface area contributed by atoms with Gasteiger partial charge in [-0.25, -0.2) is 0 Å². The van der Waals surface area contributed by atoms with E-state index in [-0.39, 0.29) is 19.3 Å². The van der Waals surface area contributed by atoms with Gasteiger partial charge in [0.15, 0.2) is 0 Å². The lowest BCUT2D eigenvalue weighted by Crippen LogP contribution is -2.42. The highest BCUT2D eigenvalue weighted by Crippen LogP contribution is 2.39. The fourth-order valence-electron chi connectivity index (χ4n) is 2.52. The summed E-state index contributed by atoms with van der Waals surface area (Å²) >= 11 is 0. The first-order valence-corrected chi connectivity index (χ1v) is 6.59. The fourth-order valence-corrected chi connectivity index (χ4v) is 2.52. The summed E-state index contributed by atoms with van der Waals surface area (Å²) in [5.41, 5.74) is -0.314. The third-order valence-corrected chi connectivity index (χ3v) is 3.72. The van der Waals surface area contributed by atoms with Gasteiger partial charge in [-0.1, -0.05) is 30.3 Å². The average molecular weight is 266 g/mol. The quantitative estimate of drug-likeness (QED) is 0.848. The first-order valence-electron chi connectivity index (χ1n) is 6.59. The molecule has 1 aromatic carbocycles. The lowest BCUT2D eigenvalue weighted by Gasteiger charge is -2.29. The van der Waals surface area contributed by atoms with Crippen molar-refractivity contribution < 1.29 is 19.7 Å². The number of ether oxygens (including phenoxy) is 2. The van der Waals surface area contributed by atoms with Crippen LogP contribution in [0.4, 0.5) is 0 Å². The largest absolute Gasteiger partial charge is 0.393 e. The predicted molar refractivity (Wildman–Crippen MR) is 71.7 cm³/mol. The van der Waals surface area contributed by atoms with Crippen LogP contribution in [0.5, 0.6) is 0 Å². The summed E-state index contributed by atoms with van der Waals surface area (Å²) in [5.74, 6) is 0. The first-order chi connectivity index (χ1) is 9.01. The Morgan fingerprint density at radius 1 is 1.21 bits per heavy atom. The molecule has 4 nitrogen and oxygen atoms in total. The van der Waals surface area contributed by atoms with E-state index < -0.39 is 11.2 Å². The lowest BCUT2D eigenvalue weighted by molar-refractivity contribution is -0.152. The van der Waals surface area contributed by atoms with Gasteiger partial charge in [-0.3, -0.25) is 0 Å². The average Bonchev–Trinajstić information content (AvgIpc) is 2.70. The SMILES string of the molecule is C[C@@]1(CO)C[C@@H](OCc2ccccc2)[C@](C)(CO)O1. The molecule has 1 heterocycles. The van der Waals surface area contributed by atoms with Gasteiger partial charge in [0.05, 0.1) is 31.5 Å². The molecule has 19 heavy (non-hydrogen) atoms. The van der Waals surface area contributed by atoms with Crippen LogP contribution in [0.1, 0.15) is 25.8 Å². The van der Waals surface area contributed by atoms with Crippen LogP contribution in [0.25, 0.3) is 0 Å². The Morgan fingerprint density at radius 3 is 2.47 bits per heavy atom. The Hall–Kier alpha value is -0.940. The fraction of sp³-hybridized carbons (Fsp3) is 0.600. The molecular weight excluding hydrogens is 244 g/mol. The van der Waals surface area contributed by atoms with Crippen molar-refractivity contribution in [1.29, 1.82) is 0 Å². The number of hydrogen-bond donors (Lipinski definition) is 2. The van der Waals surface area contributed by atoms with E-state index in [9.17, 15) is 10.2 Å². The molecule has 1 aliphatic rings. The predicted octanol–water partition coefficient (Wildman–Crippen LogP) is 1.49. The molecule has 4 heteroatoms. The molecule has 1 fully saturated rings. The third kappa shape index (κ3) is 3.15. The van der Waals surface area contributed by atoms with Gasteiger partial charge >= 0.3 is 0 Å². The molecule has 0 aromatic heterocycles. The van der Waals surface area contributed by atoms with E-state index in [1.807, 2.05) is 44.2 Å². The number of aliphatic hydroxyl groups is 2. The second kappa shape index (κ2) is 5.59. The van der Waals surface area contributed by atoms with Crippen molar-refractivity contribution in [2.45, 2.75) is 44.2 Å². The summed E-state index contributed by atoms with van der Waals surface area (Å²) in [4.78, 5) is 0. The summed E-state index contributed by atoms with van der Waals surface area (Å²) in [6.45, 7) is 3.94. The first kappa shape index (κ1) is 14.5. The number of hydrogen-bond acceptors (Lipinski definition) is 4. The molecule has 1 saturated heterocycles. The van der Waals surface area contributed by atoms with E-state index in [1.165, 1.54) is 0 Å². The summed E-state index contributed by atoms with van der Waals surface area (Å²) in [6.07, 6.45) is 0.350. The van der Waals surface area contributed by atoms with Crippen LogP contribution in [0.3, 0.4) is 0 Å². The molecule has 3 atom stereocenters. The van der Waals surface area contributed by atoms with Crippen molar-refractivity contribution >= 4 is 0 Å². The van der Waals surface area contributed by atoms with Crippen molar-refractivity contribution in [3.8, 4) is 0 Å². The highest BCUT2D eigenvalue weighted by Gasteiger charge is 2.51. The maximum Gasteiger partial charge on any atom is 0.115 e. The van der Waals surface area contributed by atoms with Gasteiger partial charge in [-0.05, 0) is 19.4 Å². The number of aliphatic hydroxyl groups excluding tert-OH is 2. The summed E-state index contributed by atoms with van der Waals surface area (Å²) in [7, 11) is 0. The third-order valence-electron chi connectivity index (χ3n) is 3.72. The smallest absolute Gasteiger partial charge is 0.115 e. The molecule has 1 aliphatic heterocycles. The summed E-state index contributed by atoms with van der Waals surface area (Å²) < 4.78 is 11.7. The molecule has 0 amide bonds. The minimum Gasteiger partial charge on any atom is -0.393 e. The minimum atomic E-state index is -0.758. The van der Waals surface area contributed by atoms with Crippen molar-refractivity contribution in [1.82, 2.24) is 0 Å². The zero-order chi connectivity index (χ0) is 13.9. The van der Waals surface area contributed by atoms with Crippen LogP contribution in [0.2, 0.25) is 0 Å². The van der Waals surface area contributed by atoms with E-state index in [2.05, 4.69) is 0 Å². The van der Waals surface area contributed by atoms with Crippen LogP contribution in [-0.4, -0.2) is 40.7 Å². The topological polar surface area (TPSA) is 58.9 Å². The van der Waals surface area contributed by atoms with Crippen LogP contribution in [0, 0.1) is 0 Å². The van der Waals surface area contributed by atoms with E-state index in [4.69, 9.17) is 9.47 Å². The van der Waals surface area contributed by atoms with E-state index in [0.29, 0.717) is 13.0 Å². The van der Waals surface area contributed by atoms with Gasteiger partial charge in [0, 0.05) is 6.42 Å². The van der Waals surface area contributed by atoms with Crippen molar-refractivity contribution in [2.75, 3.05) is 13.2 Å². The maximum absolute atomic E-state index is 9.53.